The average molecular weight is 334 g/mol. The van der Waals surface area contributed by atoms with Crippen molar-refractivity contribution in [1.82, 2.24) is 15.6 Å². The van der Waals surface area contributed by atoms with E-state index in [2.05, 4.69) is 45.7 Å². The molecule has 0 aliphatic carbocycles. The van der Waals surface area contributed by atoms with Crippen molar-refractivity contribution in [2.75, 3.05) is 33.4 Å². The van der Waals surface area contributed by atoms with Gasteiger partial charge >= 0.3 is 0 Å². The van der Waals surface area contributed by atoms with E-state index in [-0.39, 0.29) is 0 Å². The van der Waals surface area contributed by atoms with Gasteiger partial charge in [0.25, 0.3) is 0 Å². The fraction of sp³-hybridized carbons (Fsp3) is 0.529. The Balaban J connectivity index is 1.76. The van der Waals surface area contributed by atoms with Gasteiger partial charge in [-0.1, -0.05) is 12.1 Å². The van der Waals surface area contributed by atoms with Gasteiger partial charge in [0.05, 0.1) is 15.2 Å². The Bertz CT molecular complexity index is 578. The molecule has 1 aromatic heterocycles. The van der Waals surface area contributed by atoms with Crippen molar-refractivity contribution in [3.05, 3.63) is 29.3 Å². The van der Waals surface area contributed by atoms with Crippen LogP contribution in [0.3, 0.4) is 0 Å². The molecule has 0 bridgehead atoms. The molecule has 5 nitrogen and oxygen atoms in total. The van der Waals surface area contributed by atoms with Gasteiger partial charge in [-0.3, -0.25) is 4.99 Å². The van der Waals surface area contributed by atoms with E-state index in [9.17, 15) is 0 Å². The van der Waals surface area contributed by atoms with E-state index in [1.165, 1.54) is 9.71 Å². The predicted molar refractivity (Wildman–Crippen MR) is 98.4 cm³/mol. The molecule has 1 heterocycles. The maximum Gasteiger partial charge on any atom is 0.191 e. The van der Waals surface area contributed by atoms with Crippen LogP contribution in [0.1, 0.15) is 24.8 Å². The number of benzene rings is 1. The Labute approximate surface area is 142 Å². The number of methoxy groups -OCH3 is 1. The number of para-hydroxylation sites is 1. The van der Waals surface area contributed by atoms with Crippen LogP contribution in [0.4, 0.5) is 0 Å². The number of ether oxygens (including phenoxy) is 1. The van der Waals surface area contributed by atoms with Crippen LogP contribution >= 0.6 is 11.3 Å². The van der Waals surface area contributed by atoms with Crippen molar-refractivity contribution in [3.63, 3.8) is 0 Å². The summed E-state index contributed by atoms with van der Waals surface area (Å²) in [5.74, 6) is 0.882. The lowest BCUT2D eigenvalue weighted by molar-refractivity contribution is 0.195. The van der Waals surface area contributed by atoms with Crippen LogP contribution in [-0.4, -0.2) is 44.3 Å². The number of hydrogen-bond acceptors (Lipinski definition) is 4. The quantitative estimate of drug-likeness (QED) is 0.421. The molecule has 0 aliphatic heterocycles. The average Bonchev–Trinajstić information content (AvgIpc) is 2.98. The standard InChI is InChI=1S/C17H26N4OS/c1-3-18-17(20-12-7-13-22-2)19-11-6-10-16-21-14-8-4-5-9-15(14)23-16/h4-5,8-9H,3,6-7,10-13H2,1-2H3,(H2,18,19,20). The number of nitrogens with zero attached hydrogens (tertiary/aromatic N) is 2. The first kappa shape index (κ1) is 17.7. The predicted octanol–water partition coefficient (Wildman–Crippen LogP) is 2.82. The lowest BCUT2D eigenvalue weighted by Crippen LogP contribution is -2.38. The number of hydrogen-bond donors (Lipinski definition) is 2. The Kier molecular flexibility index (Phi) is 7.83. The molecule has 6 heteroatoms. The zero-order valence-electron chi connectivity index (χ0n) is 14.0. The van der Waals surface area contributed by atoms with Gasteiger partial charge in [0.2, 0.25) is 0 Å². The molecule has 2 aromatic rings. The number of rotatable bonds is 9. The number of thiazole rings is 1. The van der Waals surface area contributed by atoms with Gasteiger partial charge in [-0.2, -0.15) is 0 Å². The Morgan fingerprint density at radius 2 is 2.13 bits per heavy atom. The highest BCUT2D eigenvalue weighted by atomic mass is 32.1. The summed E-state index contributed by atoms with van der Waals surface area (Å²) >= 11 is 1.78. The lowest BCUT2D eigenvalue weighted by Gasteiger charge is -2.10. The molecule has 2 rings (SSSR count). The van der Waals surface area contributed by atoms with Crippen molar-refractivity contribution in [2.45, 2.75) is 26.2 Å². The molecule has 23 heavy (non-hydrogen) atoms. The second kappa shape index (κ2) is 10.2. The normalized spacial score (nSPS) is 11.8. The fourth-order valence-electron chi connectivity index (χ4n) is 2.21. The smallest absolute Gasteiger partial charge is 0.191 e. The molecular weight excluding hydrogens is 308 g/mol. The van der Waals surface area contributed by atoms with E-state index in [0.29, 0.717) is 0 Å². The minimum Gasteiger partial charge on any atom is -0.385 e. The van der Waals surface area contributed by atoms with Crippen LogP contribution in [0.25, 0.3) is 10.2 Å². The van der Waals surface area contributed by atoms with E-state index >= 15 is 0 Å². The first-order valence-corrected chi connectivity index (χ1v) is 9.00. The number of aryl methyl sites for hydroxylation is 1. The summed E-state index contributed by atoms with van der Waals surface area (Å²) in [6.45, 7) is 5.39. The van der Waals surface area contributed by atoms with Crippen molar-refractivity contribution < 1.29 is 4.74 Å². The number of fused-ring (bicyclic) bond motifs is 1. The molecule has 1 aromatic carbocycles. The topological polar surface area (TPSA) is 58.5 Å². The lowest BCUT2D eigenvalue weighted by atomic mass is 10.3. The van der Waals surface area contributed by atoms with Crippen LogP contribution in [0.15, 0.2) is 29.3 Å². The van der Waals surface area contributed by atoms with E-state index in [1.54, 1.807) is 18.4 Å². The van der Waals surface area contributed by atoms with E-state index in [0.717, 1.165) is 57.0 Å². The summed E-state index contributed by atoms with van der Waals surface area (Å²) in [5, 5.41) is 7.78. The van der Waals surface area contributed by atoms with Crippen molar-refractivity contribution in [1.29, 1.82) is 0 Å². The maximum atomic E-state index is 5.05. The van der Waals surface area contributed by atoms with Crippen LogP contribution in [-0.2, 0) is 11.2 Å². The summed E-state index contributed by atoms with van der Waals surface area (Å²) in [6, 6.07) is 8.29. The van der Waals surface area contributed by atoms with Gasteiger partial charge in [0, 0.05) is 39.8 Å². The second-order valence-corrected chi connectivity index (χ2v) is 6.33. The summed E-state index contributed by atoms with van der Waals surface area (Å²) in [5.41, 5.74) is 1.10. The van der Waals surface area contributed by atoms with E-state index < -0.39 is 0 Å². The summed E-state index contributed by atoms with van der Waals surface area (Å²) in [7, 11) is 1.72. The zero-order chi connectivity index (χ0) is 16.3. The highest BCUT2D eigenvalue weighted by Crippen LogP contribution is 2.22. The van der Waals surface area contributed by atoms with Gasteiger partial charge in [0.15, 0.2) is 5.96 Å². The monoisotopic (exact) mass is 334 g/mol. The molecule has 0 atom stereocenters. The molecule has 0 saturated carbocycles. The highest BCUT2D eigenvalue weighted by molar-refractivity contribution is 7.18. The summed E-state index contributed by atoms with van der Waals surface area (Å²) in [6.07, 6.45) is 2.97. The Morgan fingerprint density at radius 3 is 2.91 bits per heavy atom. The molecule has 0 unspecified atom stereocenters. The summed E-state index contributed by atoms with van der Waals surface area (Å²) in [4.78, 5) is 9.27. The highest BCUT2D eigenvalue weighted by Gasteiger charge is 2.03. The fourth-order valence-corrected chi connectivity index (χ4v) is 3.22. The SMILES string of the molecule is CCNC(=NCCCc1nc2ccccc2s1)NCCCOC. The van der Waals surface area contributed by atoms with Crippen LogP contribution in [0.2, 0.25) is 0 Å². The number of nitrogens with one attached hydrogen (secondary N) is 2. The van der Waals surface area contributed by atoms with E-state index in [1.807, 2.05) is 6.07 Å². The molecule has 0 saturated heterocycles. The maximum absolute atomic E-state index is 5.05. The Morgan fingerprint density at radius 1 is 1.26 bits per heavy atom. The number of aliphatic imine (C=N–C) groups is 1. The third-order valence-corrected chi connectivity index (χ3v) is 4.41. The molecule has 126 valence electrons. The van der Waals surface area contributed by atoms with Gasteiger partial charge in [-0.05, 0) is 31.9 Å². The van der Waals surface area contributed by atoms with Crippen molar-refractivity contribution in [2.24, 2.45) is 4.99 Å². The van der Waals surface area contributed by atoms with Crippen molar-refractivity contribution >= 4 is 27.5 Å². The first-order chi connectivity index (χ1) is 11.3. The summed E-state index contributed by atoms with van der Waals surface area (Å²) < 4.78 is 6.31. The minimum absolute atomic E-state index is 0.768. The minimum atomic E-state index is 0.768. The molecule has 0 spiro atoms. The molecule has 0 amide bonds. The molecule has 0 radical (unpaired) electrons. The van der Waals surface area contributed by atoms with Gasteiger partial charge in [-0.25, -0.2) is 4.98 Å². The van der Waals surface area contributed by atoms with Crippen molar-refractivity contribution in [3.8, 4) is 0 Å². The Hall–Kier alpha value is -1.66. The second-order valence-electron chi connectivity index (χ2n) is 5.21. The van der Waals surface area contributed by atoms with Gasteiger partial charge < -0.3 is 15.4 Å². The molecule has 0 fully saturated rings. The van der Waals surface area contributed by atoms with Gasteiger partial charge in [0.1, 0.15) is 0 Å². The molecule has 2 N–H and O–H groups in total. The van der Waals surface area contributed by atoms with Gasteiger partial charge in [-0.15, -0.1) is 11.3 Å². The third-order valence-electron chi connectivity index (χ3n) is 3.32. The zero-order valence-corrected chi connectivity index (χ0v) is 14.8. The number of aromatic nitrogens is 1. The third kappa shape index (κ3) is 6.15. The molecule has 0 aliphatic rings. The molecular formula is C17H26N4OS. The first-order valence-electron chi connectivity index (χ1n) is 8.19. The van der Waals surface area contributed by atoms with Crippen LogP contribution < -0.4 is 10.6 Å². The van der Waals surface area contributed by atoms with Crippen LogP contribution in [0.5, 0.6) is 0 Å². The van der Waals surface area contributed by atoms with E-state index in [4.69, 9.17) is 4.74 Å². The van der Waals surface area contributed by atoms with Crippen LogP contribution in [0, 0.1) is 0 Å². The largest absolute Gasteiger partial charge is 0.385 e. The number of guanidine groups is 1.